The quantitative estimate of drug-likeness (QED) is 0.412. The Bertz CT molecular complexity index is 1160. The van der Waals surface area contributed by atoms with E-state index in [0.29, 0.717) is 11.5 Å². The van der Waals surface area contributed by atoms with Gasteiger partial charge in [0.05, 0.1) is 11.2 Å². The van der Waals surface area contributed by atoms with Crippen molar-refractivity contribution in [2.45, 2.75) is 66.3 Å². The zero-order valence-electron chi connectivity index (χ0n) is 20.4. The molecule has 1 saturated carbocycles. The average Bonchev–Trinajstić information content (AvgIpc) is 3.46. The lowest BCUT2D eigenvalue weighted by molar-refractivity contribution is -0.123. The SMILES string of the molecule is Cc1cc(-c2cc(N(C(=O)C3CCC(C)CC3)C(C)C)c(C)s2)cnc1NC(=O)c1cscn1. The van der Waals surface area contributed by atoms with Crippen molar-refractivity contribution in [2.24, 2.45) is 11.8 Å². The van der Waals surface area contributed by atoms with E-state index in [9.17, 15) is 9.59 Å². The molecule has 1 N–H and O–H groups in total. The number of anilines is 2. The van der Waals surface area contributed by atoms with Crippen molar-refractivity contribution >= 4 is 46.0 Å². The fourth-order valence-corrected chi connectivity index (χ4v) is 6.07. The number of rotatable bonds is 6. The highest BCUT2D eigenvalue weighted by atomic mass is 32.1. The summed E-state index contributed by atoms with van der Waals surface area (Å²) in [5.74, 6) is 1.36. The van der Waals surface area contributed by atoms with Gasteiger partial charge in [-0.3, -0.25) is 9.59 Å². The Morgan fingerprint density at radius 3 is 2.47 bits per heavy atom. The number of amides is 2. The number of carbonyl (C=O) groups is 2. The Morgan fingerprint density at radius 1 is 1.12 bits per heavy atom. The van der Waals surface area contributed by atoms with Gasteiger partial charge >= 0.3 is 0 Å². The summed E-state index contributed by atoms with van der Waals surface area (Å²) in [6, 6.07) is 4.24. The number of pyridine rings is 1. The van der Waals surface area contributed by atoms with Crippen LogP contribution in [0, 0.1) is 25.7 Å². The van der Waals surface area contributed by atoms with E-state index in [2.05, 4.69) is 49.0 Å². The number of hydrogen-bond donors (Lipinski definition) is 1. The standard InChI is InChI=1S/C26H32N4O2S2/c1-15(2)30(26(32)19-8-6-16(3)7-9-19)22-11-23(34-18(22)5)20-10-17(4)24(27-12-20)29-25(31)21-13-33-14-28-21/h10-16,19H,6-9H2,1-5H3,(H,27,29,31). The summed E-state index contributed by atoms with van der Waals surface area (Å²) < 4.78 is 0. The lowest BCUT2D eigenvalue weighted by Gasteiger charge is -2.33. The molecule has 1 aliphatic rings. The van der Waals surface area contributed by atoms with E-state index >= 15 is 0 Å². The van der Waals surface area contributed by atoms with Gasteiger partial charge in [-0.15, -0.1) is 22.7 Å². The van der Waals surface area contributed by atoms with Crippen molar-refractivity contribution in [3.05, 3.63) is 45.4 Å². The van der Waals surface area contributed by atoms with Crippen LogP contribution in [0.15, 0.2) is 29.2 Å². The fraction of sp³-hybridized carbons (Fsp3) is 0.462. The molecule has 8 heteroatoms. The monoisotopic (exact) mass is 496 g/mol. The van der Waals surface area contributed by atoms with Crippen molar-refractivity contribution < 1.29 is 9.59 Å². The molecular weight excluding hydrogens is 464 g/mol. The van der Waals surface area contributed by atoms with Gasteiger partial charge in [-0.05, 0) is 77.0 Å². The normalized spacial score (nSPS) is 18.2. The highest BCUT2D eigenvalue weighted by Crippen LogP contribution is 2.39. The molecule has 0 atom stereocenters. The van der Waals surface area contributed by atoms with Crippen LogP contribution in [0.1, 0.15) is 67.4 Å². The van der Waals surface area contributed by atoms with E-state index in [1.807, 2.05) is 17.9 Å². The molecule has 3 aromatic rings. The van der Waals surface area contributed by atoms with E-state index < -0.39 is 0 Å². The Balaban J connectivity index is 1.56. The minimum atomic E-state index is -0.262. The predicted octanol–water partition coefficient (Wildman–Crippen LogP) is 6.70. The Labute approximate surface area is 209 Å². The van der Waals surface area contributed by atoms with Gasteiger partial charge in [-0.25, -0.2) is 9.97 Å². The van der Waals surface area contributed by atoms with Crippen LogP contribution in [0.5, 0.6) is 0 Å². The highest BCUT2D eigenvalue weighted by Gasteiger charge is 2.31. The molecule has 6 nitrogen and oxygen atoms in total. The first-order valence-electron chi connectivity index (χ1n) is 11.8. The van der Waals surface area contributed by atoms with Gasteiger partial charge in [0.1, 0.15) is 11.5 Å². The summed E-state index contributed by atoms with van der Waals surface area (Å²) in [5, 5.41) is 4.55. The molecule has 0 aliphatic heterocycles. The van der Waals surface area contributed by atoms with Crippen LogP contribution < -0.4 is 10.2 Å². The first-order valence-corrected chi connectivity index (χ1v) is 13.6. The zero-order valence-corrected chi connectivity index (χ0v) is 22.1. The number of carbonyl (C=O) groups excluding carboxylic acids is 2. The molecule has 3 aromatic heterocycles. The molecule has 0 radical (unpaired) electrons. The van der Waals surface area contributed by atoms with Gasteiger partial charge in [-0.1, -0.05) is 6.92 Å². The molecule has 3 heterocycles. The second-order valence-corrected chi connectivity index (χ2v) is 11.5. The molecule has 180 valence electrons. The Hall–Kier alpha value is -2.58. The van der Waals surface area contributed by atoms with E-state index in [-0.39, 0.29) is 23.8 Å². The third kappa shape index (κ3) is 5.23. The summed E-state index contributed by atoms with van der Waals surface area (Å²) in [5.41, 5.74) is 4.87. The molecule has 2 amide bonds. The van der Waals surface area contributed by atoms with Crippen LogP contribution in [0.25, 0.3) is 10.4 Å². The Morgan fingerprint density at radius 2 is 1.85 bits per heavy atom. The number of thiophene rings is 1. The summed E-state index contributed by atoms with van der Waals surface area (Å²) in [6.07, 6.45) is 6.01. The van der Waals surface area contributed by atoms with E-state index in [0.717, 1.165) is 58.2 Å². The Kier molecular flexibility index (Phi) is 7.48. The molecule has 1 fully saturated rings. The molecule has 1 aliphatic carbocycles. The molecule has 4 rings (SSSR count). The van der Waals surface area contributed by atoms with Crippen LogP contribution in [-0.2, 0) is 4.79 Å². The molecular formula is C26H32N4O2S2. The summed E-state index contributed by atoms with van der Waals surface area (Å²) in [6.45, 7) is 10.5. The third-order valence-corrected chi connectivity index (χ3v) is 8.20. The van der Waals surface area contributed by atoms with Gasteiger partial charge in [0.15, 0.2) is 0 Å². The third-order valence-electron chi connectivity index (χ3n) is 6.53. The molecule has 0 spiro atoms. The van der Waals surface area contributed by atoms with Crippen molar-refractivity contribution in [2.75, 3.05) is 10.2 Å². The topological polar surface area (TPSA) is 75.2 Å². The molecule has 0 aromatic carbocycles. The van der Waals surface area contributed by atoms with Crippen LogP contribution >= 0.6 is 22.7 Å². The van der Waals surface area contributed by atoms with E-state index in [4.69, 9.17) is 0 Å². The molecule has 34 heavy (non-hydrogen) atoms. The van der Waals surface area contributed by atoms with Crippen molar-refractivity contribution in [3.8, 4) is 10.4 Å². The maximum atomic E-state index is 13.5. The maximum Gasteiger partial charge on any atom is 0.276 e. The van der Waals surface area contributed by atoms with Crippen LogP contribution in [0.4, 0.5) is 11.5 Å². The van der Waals surface area contributed by atoms with Gasteiger partial charge in [-0.2, -0.15) is 0 Å². The van der Waals surface area contributed by atoms with Crippen LogP contribution in [0.2, 0.25) is 0 Å². The molecule has 0 unspecified atom stereocenters. The number of hydrogen-bond acceptors (Lipinski definition) is 6. The lowest BCUT2D eigenvalue weighted by atomic mass is 9.82. The van der Waals surface area contributed by atoms with E-state index in [1.165, 1.54) is 11.3 Å². The minimum absolute atomic E-state index is 0.0937. The summed E-state index contributed by atoms with van der Waals surface area (Å²) in [4.78, 5) is 38.6. The van der Waals surface area contributed by atoms with E-state index in [1.54, 1.807) is 28.4 Å². The minimum Gasteiger partial charge on any atom is -0.309 e. The zero-order chi connectivity index (χ0) is 24.4. The van der Waals surface area contributed by atoms with Gasteiger partial charge in [0, 0.05) is 38.9 Å². The van der Waals surface area contributed by atoms with Crippen LogP contribution in [-0.4, -0.2) is 27.8 Å². The lowest BCUT2D eigenvalue weighted by Crippen LogP contribution is -2.42. The second kappa shape index (κ2) is 10.4. The summed E-state index contributed by atoms with van der Waals surface area (Å²) in [7, 11) is 0. The maximum absolute atomic E-state index is 13.5. The fourth-order valence-electron chi connectivity index (χ4n) is 4.55. The predicted molar refractivity (Wildman–Crippen MR) is 141 cm³/mol. The number of aromatic nitrogens is 2. The van der Waals surface area contributed by atoms with Gasteiger partial charge in [0.2, 0.25) is 5.91 Å². The second-order valence-electron chi connectivity index (χ2n) is 9.53. The van der Waals surface area contributed by atoms with Crippen molar-refractivity contribution in [1.82, 2.24) is 9.97 Å². The van der Waals surface area contributed by atoms with Gasteiger partial charge in [0.25, 0.3) is 5.91 Å². The van der Waals surface area contributed by atoms with Crippen molar-refractivity contribution in [1.29, 1.82) is 0 Å². The summed E-state index contributed by atoms with van der Waals surface area (Å²) >= 11 is 3.06. The van der Waals surface area contributed by atoms with Crippen molar-refractivity contribution in [3.63, 3.8) is 0 Å². The first kappa shape index (κ1) is 24.5. The number of thiazole rings is 1. The first-order chi connectivity index (χ1) is 16.2. The number of aryl methyl sites for hydroxylation is 2. The largest absolute Gasteiger partial charge is 0.309 e. The number of nitrogens with one attached hydrogen (secondary N) is 1. The molecule has 0 bridgehead atoms. The average molecular weight is 497 g/mol. The molecule has 0 saturated heterocycles. The smallest absolute Gasteiger partial charge is 0.276 e. The van der Waals surface area contributed by atoms with Crippen LogP contribution in [0.3, 0.4) is 0 Å². The number of nitrogens with zero attached hydrogens (tertiary/aromatic N) is 3. The highest BCUT2D eigenvalue weighted by molar-refractivity contribution is 7.16. The van der Waals surface area contributed by atoms with Gasteiger partial charge < -0.3 is 10.2 Å².